The number of ether oxygens (including phenoxy) is 1. The van der Waals surface area contributed by atoms with Crippen LogP contribution >= 0.6 is 11.6 Å². The maximum atomic E-state index is 15.6. The molecule has 244 valence electrons. The monoisotopic (exact) mass is 668 g/mol. The normalized spacial score (nSPS) is 17.2. The van der Waals surface area contributed by atoms with Crippen molar-refractivity contribution in [3.8, 4) is 22.6 Å². The third-order valence-electron chi connectivity index (χ3n) is 9.42. The summed E-state index contributed by atoms with van der Waals surface area (Å²) in [6, 6.07) is 13.9. The van der Waals surface area contributed by atoms with Crippen LogP contribution in [0.15, 0.2) is 72.2 Å². The van der Waals surface area contributed by atoms with Crippen molar-refractivity contribution in [1.29, 1.82) is 0 Å². The molecule has 1 saturated heterocycles. The van der Waals surface area contributed by atoms with Gasteiger partial charge in [0.1, 0.15) is 17.9 Å². The van der Waals surface area contributed by atoms with E-state index in [4.69, 9.17) is 21.4 Å². The zero-order valence-corrected chi connectivity index (χ0v) is 26.9. The number of rotatable bonds is 6. The maximum Gasteiger partial charge on any atom is 0.354 e. The van der Waals surface area contributed by atoms with E-state index in [1.54, 1.807) is 11.0 Å². The van der Waals surface area contributed by atoms with Gasteiger partial charge in [0, 0.05) is 59.9 Å². The number of anilines is 1. The van der Waals surface area contributed by atoms with Gasteiger partial charge in [-0.3, -0.25) is 14.0 Å². The highest BCUT2D eigenvalue weighted by Crippen LogP contribution is 2.50. The van der Waals surface area contributed by atoms with Gasteiger partial charge in [-0.05, 0) is 43.5 Å². The fourth-order valence-electron chi connectivity index (χ4n) is 6.95. The van der Waals surface area contributed by atoms with Crippen LogP contribution < -0.4 is 15.3 Å². The largest absolute Gasteiger partial charge is 0.486 e. The van der Waals surface area contributed by atoms with E-state index >= 15 is 4.39 Å². The molecule has 8 rings (SSSR count). The molecule has 48 heavy (non-hydrogen) atoms. The van der Waals surface area contributed by atoms with Crippen molar-refractivity contribution in [3.05, 3.63) is 111 Å². The standard InChI is InChI=1S/C36H31ClF2N6O3/c1-3-28(46)42-13-14-44(20(2)16-42)35-24-15-25(37)30-29-23(11-12-26(38)31(29)39)19-48-34(30)33(24)45(36(47)40-35)27-18-43(41-32(27)22-9-10-22)17-21-7-5-4-6-8-21/h3-8,11-12,15,18,20,22H,1,9-10,13-14,16-17,19H2,2H3/t20-/m0/s1. The van der Waals surface area contributed by atoms with Gasteiger partial charge >= 0.3 is 5.69 Å². The molecule has 2 aliphatic heterocycles. The Hall–Kier alpha value is -5.03. The molecule has 0 radical (unpaired) electrons. The second-order valence-electron chi connectivity index (χ2n) is 12.6. The van der Waals surface area contributed by atoms with Crippen LogP contribution in [-0.4, -0.2) is 55.8 Å². The van der Waals surface area contributed by atoms with E-state index in [1.165, 1.54) is 16.7 Å². The van der Waals surface area contributed by atoms with E-state index in [2.05, 4.69) is 11.6 Å². The van der Waals surface area contributed by atoms with Crippen molar-refractivity contribution in [3.63, 3.8) is 0 Å². The van der Waals surface area contributed by atoms with Crippen molar-refractivity contribution in [2.24, 2.45) is 0 Å². The third kappa shape index (κ3) is 4.95. The van der Waals surface area contributed by atoms with Crippen LogP contribution in [0.4, 0.5) is 14.6 Å². The Morgan fingerprint density at radius 1 is 1.12 bits per heavy atom. The van der Waals surface area contributed by atoms with Gasteiger partial charge < -0.3 is 14.5 Å². The Morgan fingerprint density at radius 3 is 2.65 bits per heavy atom. The lowest BCUT2D eigenvalue weighted by Crippen LogP contribution is -2.54. The Kier molecular flexibility index (Phi) is 7.32. The van der Waals surface area contributed by atoms with Gasteiger partial charge in [-0.1, -0.05) is 54.6 Å². The molecule has 0 bridgehead atoms. The van der Waals surface area contributed by atoms with Crippen molar-refractivity contribution >= 4 is 34.2 Å². The quantitative estimate of drug-likeness (QED) is 0.200. The second kappa shape index (κ2) is 11.6. The Labute approximate surface area is 279 Å². The first-order valence-corrected chi connectivity index (χ1v) is 16.3. The van der Waals surface area contributed by atoms with Crippen LogP contribution in [0.2, 0.25) is 5.02 Å². The number of hydrogen-bond donors (Lipinski definition) is 0. The van der Waals surface area contributed by atoms with Crippen molar-refractivity contribution < 1.29 is 18.3 Å². The van der Waals surface area contributed by atoms with E-state index in [1.807, 2.05) is 53.0 Å². The van der Waals surface area contributed by atoms with Crippen LogP contribution in [0.5, 0.6) is 5.75 Å². The molecule has 3 aromatic carbocycles. The highest BCUT2D eigenvalue weighted by atomic mass is 35.5. The molecule has 1 amide bonds. The predicted octanol–water partition coefficient (Wildman–Crippen LogP) is 6.22. The summed E-state index contributed by atoms with van der Waals surface area (Å²) in [5, 5.41) is 5.57. The fourth-order valence-corrected chi connectivity index (χ4v) is 7.24. The van der Waals surface area contributed by atoms with Crippen LogP contribution in [0, 0.1) is 11.6 Å². The summed E-state index contributed by atoms with van der Waals surface area (Å²) in [6.07, 6.45) is 4.98. The highest BCUT2D eigenvalue weighted by Gasteiger charge is 2.36. The lowest BCUT2D eigenvalue weighted by Gasteiger charge is -2.40. The molecule has 5 aromatic rings. The van der Waals surface area contributed by atoms with Gasteiger partial charge in [0.15, 0.2) is 17.4 Å². The molecule has 1 saturated carbocycles. The SMILES string of the molecule is C=CC(=O)N1CCN(c2nc(=O)n(-c3cn(Cc4ccccc4)nc3C3CC3)c3c4c(c(Cl)cc23)-c2c(ccc(F)c2F)CO4)[C@@H](C)C1. The second-order valence-corrected chi connectivity index (χ2v) is 13.0. The van der Waals surface area contributed by atoms with E-state index < -0.39 is 17.3 Å². The van der Waals surface area contributed by atoms with Crippen LogP contribution in [-0.2, 0) is 17.9 Å². The maximum absolute atomic E-state index is 15.6. The number of aromatic nitrogens is 4. The predicted molar refractivity (Wildman–Crippen MR) is 179 cm³/mol. The molecule has 12 heteroatoms. The molecule has 1 aliphatic carbocycles. The summed E-state index contributed by atoms with van der Waals surface area (Å²) in [5.74, 6) is -1.52. The van der Waals surface area contributed by atoms with Gasteiger partial charge in [-0.2, -0.15) is 10.1 Å². The van der Waals surface area contributed by atoms with Gasteiger partial charge in [0.2, 0.25) is 5.91 Å². The lowest BCUT2D eigenvalue weighted by atomic mass is 9.94. The number of piperazine rings is 1. The van der Waals surface area contributed by atoms with Gasteiger partial charge in [-0.25, -0.2) is 13.6 Å². The molecule has 4 heterocycles. The minimum absolute atomic E-state index is 0.00706. The van der Waals surface area contributed by atoms with E-state index in [0.717, 1.165) is 30.2 Å². The minimum atomic E-state index is -1.03. The molecule has 0 spiro atoms. The van der Waals surface area contributed by atoms with Gasteiger partial charge in [0.05, 0.1) is 22.9 Å². The van der Waals surface area contributed by atoms with Crippen molar-refractivity contribution in [1.82, 2.24) is 24.2 Å². The summed E-state index contributed by atoms with van der Waals surface area (Å²) in [6.45, 7) is 7.18. The first-order chi connectivity index (χ1) is 23.2. The van der Waals surface area contributed by atoms with Gasteiger partial charge in [0.25, 0.3) is 0 Å². The molecule has 9 nitrogen and oxygen atoms in total. The molecular weight excluding hydrogens is 638 g/mol. The highest BCUT2D eigenvalue weighted by molar-refractivity contribution is 6.35. The zero-order chi connectivity index (χ0) is 33.3. The Bertz CT molecular complexity index is 2200. The number of hydrogen-bond acceptors (Lipinski definition) is 6. The minimum Gasteiger partial charge on any atom is -0.486 e. The number of benzene rings is 3. The molecule has 0 unspecified atom stereocenters. The van der Waals surface area contributed by atoms with Crippen LogP contribution in [0.3, 0.4) is 0 Å². The third-order valence-corrected chi connectivity index (χ3v) is 9.71. The summed E-state index contributed by atoms with van der Waals surface area (Å²) >= 11 is 6.95. The first kappa shape index (κ1) is 30.3. The van der Waals surface area contributed by atoms with Crippen molar-refractivity contribution in [2.75, 3.05) is 24.5 Å². The first-order valence-electron chi connectivity index (χ1n) is 15.9. The van der Waals surface area contributed by atoms with E-state index in [0.29, 0.717) is 54.2 Å². The van der Waals surface area contributed by atoms with Crippen molar-refractivity contribution in [2.45, 2.75) is 44.9 Å². The number of halogens is 3. The zero-order valence-electron chi connectivity index (χ0n) is 26.1. The lowest BCUT2D eigenvalue weighted by molar-refractivity contribution is -0.126. The average Bonchev–Trinajstić information content (AvgIpc) is 3.86. The number of carbonyl (C=O) groups excluding carboxylic acids is 1. The summed E-state index contributed by atoms with van der Waals surface area (Å²) in [7, 11) is 0. The molecule has 2 aromatic heterocycles. The smallest absolute Gasteiger partial charge is 0.354 e. The van der Waals surface area contributed by atoms with Crippen LogP contribution in [0.1, 0.15) is 42.5 Å². The van der Waals surface area contributed by atoms with E-state index in [9.17, 15) is 14.0 Å². The summed E-state index contributed by atoms with van der Waals surface area (Å²) < 4.78 is 39.9. The number of carbonyl (C=O) groups is 1. The topological polar surface area (TPSA) is 85.5 Å². The number of amides is 1. The average molecular weight is 669 g/mol. The fraction of sp³-hybridized carbons (Fsp3) is 0.278. The molecule has 3 aliphatic rings. The molecular formula is C36H31ClF2N6O3. The Balaban J connectivity index is 1.38. The summed E-state index contributed by atoms with van der Waals surface area (Å²) in [4.78, 5) is 35.1. The molecule has 0 N–H and O–H groups in total. The number of nitrogens with zero attached hydrogens (tertiary/aromatic N) is 6. The Morgan fingerprint density at radius 2 is 1.92 bits per heavy atom. The van der Waals surface area contributed by atoms with Gasteiger partial charge in [-0.15, -0.1) is 0 Å². The van der Waals surface area contributed by atoms with E-state index in [-0.39, 0.29) is 46.4 Å². The number of fused-ring (bicyclic) bond motifs is 5. The summed E-state index contributed by atoms with van der Waals surface area (Å²) in [5.41, 5.74) is 2.74. The van der Waals surface area contributed by atoms with Crippen LogP contribution in [0.25, 0.3) is 27.7 Å². The molecule has 1 atom stereocenters. The molecule has 2 fully saturated rings.